The molecule has 1 atom stereocenters. The highest BCUT2D eigenvalue weighted by atomic mass is 35.5. The number of halogens is 1. The van der Waals surface area contributed by atoms with Gasteiger partial charge in [0, 0.05) is 5.02 Å². The van der Waals surface area contributed by atoms with Gasteiger partial charge in [-0.3, -0.25) is 4.79 Å². The third-order valence-corrected chi connectivity index (χ3v) is 4.06. The molecular formula is C18H17ClN4O. The van der Waals surface area contributed by atoms with Crippen molar-refractivity contribution in [2.75, 3.05) is 0 Å². The minimum absolute atomic E-state index is 0.124. The number of carbonyl (C=O) groups excluding carboxylic acids is 1. The van der Waals surface area contributed by atoms with E-state index in [-0.39, 0.29) is 18.5 Å². The highest BCUT2D eigenvalue weighted by molar-refractivity contribution is 6.31. The fourth-order valence-electron chi connectivity index (χ4n) is 2.52. The number of nitrogens with one attached hydrogen (secondary N) is 1. The van der Waals surface area contributed by atoms with E-state index >= 15 is 0 Å². The molecule has 24 heavy (non-hydrogen) atoms. The van der Waals surface area contributed by atoms with Crippen LogP contribution in [0.2, 0.25) is 5.02 Å². The highest BCUT2D eigenvalue weighted by Gasteiger charge is 2.17. The standard InChI is InChI=1S/C18H17ClN4O/c19-16-9-5-4-8-15(16)10-17(14-6-2-1-3-7-14)22-18(24)11-23-13-20-12-21-23/h1-9,12-13,17H,10-11H2,(H,22,24)/t17-/m1/s1. The summed E-state index contributed by atoms with van der Waals surface area (Å²) in [7, 11) is 0. The van der Waals surface area contributed by atoms with Crippen LogP contribution in [0.4, 0.5) is 0 Å². The lowest BCUT2D eigenvalue weighted by Gasteiger charge is -2.20. The Morgan fingerprint density at radius 1 is 1.12 bits per heavy atom. The molecule has 3 aromatic rings. The molecule has 0 bridgehead atoms. The first-order valence-corrected chi connectivity index (χ1v) is 8.00. The van der Waals surface area contributed by atoms with Crippen LogP contribution in [0.3, 0.4) is 0 Å². The van der Waals surface area contributed by atoms with Gasteiger partial charge in [0.15, 0.2) is 0 Å². The zero-order chi connectivity index (χ0) is 16.8. The lowest BCUT2D eigenvalue weighted by Crippen LogP contribution is -2.33. The lowest BCUT2D eigenvalue weighted by molar-refractivity contribution is -0.122. The summed E-state index contributed by atoms with van der Waals surface area (Å²) < 4.78 is 1.49. The van der Waals surface area contributed by atoms with Gasteiger partial charge in [0.25, 0.3) is 0 Å². The molecule has 0 saturated carbocycles. The van der Waals surface area contributed by atoms with Crippen LogP contribution in [0.5, 0.6) is 0 Å². The van der Waals surface area contributed by atoms with Crippen LogP contribution in [0.1, 0.15) is 17.2 Å². The van der Waals surface area contributed by atoms with Crippen molar-refractivity contribution in [2.45, 2.75) is 19.0 Å². The maximum atomic E-state index is 12.3. The fraction of sp³-hybridized carbons (Fsp3) is 0.167. The molecule has 0 aliphatic carbocycles. The van der Waals surface area contributed by atoms with Crippen molar-refractivity contribution in [3.05, 3.63) is 83.4 Å². The molecule has 5 nitrogen and oxygen atoms in total. The molecule has 1 amide bonds. The largest absolute Gasteiger partial charge is 0.347 e. The van der Waals surface area contributed by atoms with Crippen molar-refractivity contribution in [1.82, 2.24) is 20.1 Å². The smallest absolute Gasteiger partial charge is 0.242 e. The predicted octanol–water partition coefficient (Wildman–Crippen LogP) is 3.03. The van der Waals surface area contributed by atoms with Crippen LogP contribution in [0.15, 0.2) is 67.3 Å². The minimum Gasteiger partial charge on any atom is -0.347 e. The summed E-state index contributed by atoms with van der Waals surface area (Å²) in [4.78, 5) is 16.2. The van der Waals surface area contributed by atoms with Gasteiger partial charge < -0.3 is 5.32 Å². The first-order chi connectivity index (χ1) is 11.7. The Bertz CT molecular complexity index is 790. The van der Waals surface area contributed by atoms with Crippen LogP contribution in [-0.4, -0.2) is 20.7 Å². The molecular weight excluding hydrogens is 324 g/mol. The van der Waals surface area contributed by atoms with Crippen LogP contribution >= 0.6 is 11.6 Å². The highest BCUT2D eigenvalue weighted by Crippen LogP contribution is 2.23. The average Bonchev–Trinajstić information content (AvgIpc) is 3.10. The number of aromatic nitrogens is 3. The van der Waals surface area contributed by atoms with E-state index in [9.17, 15) is 4.79 Å². The molecule has 0 unspecified atom stereocenters. The van der Waals surface area contributed by atoms with Crippen LogP contribution in [0.25, 0.3) is 0 Å². The van der Waals surface area contributed by atoms with E-state index < -0.39 is 0 Å². The fourth-order valence-corrected chi connectivity index (χ4v) is 2.74. The van der Waals surface area contributed by atoms with Crippen LogP contribution in [0, 0.1) is 0 Å². The number of nitrogens with zero attached hydrogens (tertiary/aromatic N) is 3. The molecule has 122 valence electrons. The molecule has 1 N–H and O–H groups in total. The van der Waals surface area contributed by atoms with Gasteiger partial charge in [-0.25, -0.2) is 9.67 Å². The number of rotatable bonds is 6. The molecule has 6 heteroatoms. The summed E-state index contributed by atoms with van der Waals surface area (Å²) in [6.45, 7) is 0.131. The van der Waals surface area contributed by atoms with E-state index in [1.165, 1.54) is 17.3 Å². The molecule has 0 aliphatic heterocycles. The third-order valence-electron chi connectivity index (χ3n) is 3.69. The topological polar surface area (TPSA) is 59.8 Å². The summed E-state index contributed by atoms with van der Waals surface area (Å²) >= 11 is 6.27. The van der Waals surface area contributed by atoms with E-state index in [2.05, 4.69) is 15.4 Å². The van der Waals surface area contributed by atoms with Gasteiger partial charge >= 0.3 is 0 Å². The number of hydrogen-bond acceptors (Lipinski definition) is 3. The Hall–Kier alpha value is -2.66. The summed E-state index contributed by atoms with van der Waals surface area (Å²) in [5, 5.41) is 7.72. The molecule has 2 aromatic carbocycles. The van der Waals surface area contributed by atoms with E-state index in [4.69, 9.17) is 11.6 Å². The zero-order valence-corrected chi connectivity index (χ0v) is 13.7. The van der Waals surface area contributed by atoms with Gasteiger partial charge in [-0.15, -0.1) is 0 Å². The molecule has 1 aromatic heterocycles. The van der Waals surface area contributed by atoms with Gasteiger partial charge in [-0.2, -0.15) is 5.10 Å². The molecule has 0 radical (unpaired) electrons. The molecule has 0 aliphatic rings. The van der Waals surface area contributed by atoms with E-state index in [1.807, 2.05) is 54.6 Å². The average molecular weight is 341 g/mol. The Kier molecular flexibility index (Phi) is 5.23. The van der Waals surface area contributed by atoms with Crippen molar-refractivity contribution in [1.29, 1.82) is 0 Å². The number of amides is 1. The Morgan fingerprint density at radius 3 is 2.58 bits per heavy atom. The second-order valence-corrected chi connectivity index (χ2v) is 5.83. The SMILES string of the molecule is O=C(Cn1cncn1)N[C@H](Cc1ccccc1Cl)c1ccccc1. The normalized spacial score (nSPS) is 11.9. The lowest BCUT2D eigenvalue weighted by atomic mass is 9.98. The minimum atomic E-state index is -0.165. The second kappa shape index (κ2) is 7.75. The summed E-state index contributed by atoms with van der Waals surface area (Å²) in [5.74, 6) is -0.124. The maximum Gasteiger partial charge on any atom is 0.242 e. The molecule has 0 saturated heterocycles. The Balaban J connectivity index is 1.77. The van der Waals surface area contributed by atoms with Crippen molar-refractivity contribution >= 4 is 17.5 Å². The molecule has 0 spiro atoms. The van der Waals surface area contributed by atoms with E-state index in [0.29, 0.717) is 11.4 Å². The number of benzene rings is 2. The van der Waals surface area contributed by atoms with Gasteiger partial charge in [0.2, 0.25) is 5.91 Å². The van der Waals surface area contributed by atoms with E-state index in [0.717, 1.165) is 11.1 Å². The summed E-state index contributed by atoms with van der Waals surface area (Å²) in [6, 6.07) is 17.4. The van der Waals surface area contributed by atoms with Crippen molar-refractivity contribution in [3.8, 4) is 0 Å². The quantitative estimate of drug-likeness (QED) is 0.750. The van der Waals surface area contributed by atoms with E-state index in [1.54, 1.807) is 0 Å². The van der Waals surface area contributed by atoms with Gasteiger partial charge in [0.05, 0.1) is 6.04 Å². The van der Waals surface area contributed by atoms with Gasteiger partial charge in [0.1, 0.15) is 19.2 Å². The third kappa shape index (κ3) is 4.20. The number of hydrogen-bond donors (Lipinski definition) is 1. The van der Waals surface area contributed by atoms with Gasteiger partial charge in [-0.1, -0.05) is 60.1 Å². The van der Waals surface area contributed by atoms with Crippen LogP contribution in [-0.2, 0) is 17.8 Å². The number of carbonyl (C=O) groups is 1. The Morgan fingerprint density at radius 2 is 1.88 bits per heavy atom. The summed E-state index contributed by atoms with van der Waals surface area (Å²) in [6.07, 6.45) is 3.55. The predicted molar refractivity (Wildman–Crippen MR) is 92.5 cm³/mol. The monoisotopic (exact) mass is 340 g/mol. The van der Waals surface area contributed by atoms with Crippen molar-refractivity contribution in [2.24, 2.45) is 0 Å². The first kappa shape index (κ1) is 16.2. The van der Waals surface area contributed by atoms with Crippen molar-refractivity contribution in [3.63, 3.8) is 0 Å². The zero-order valence-electron chi connectivity index (χ0n) is 13.0. The molecule has 0 fully saturated rings. The van der Waals surface area contributed by atoms with Crippen molar-refractivity contribution < 1.29 is 4.79 Å². The Labute approximate surface area is 145 Å². The molecule has 1 heterocycles. The summed E-state index contributed by atoms with van der Waals surface area (Å²) in [5.41, 5.74) is 2.03. The maximum absolute atomic E-state index is 12.3. The van der Waals surface area contributed by atoms with Gasteiger partial charge in [-0.05, 0) is 23.6 Å². The first-order valence-electron chi connectivity index (χ1n) is 7.62. The molecule has 3 rings (SSSR count). The second-order valence-electron chi connectivity index (χ2n) is 5.42. The van der Waals surface area contributed by atoms with Crippen LogP contribution < -0.4 is 5.32 Å².